The second kappa shape index (κ2) is 10.8. The van der Waals surface area contributed by atoms with E-state index in [4.69, 9.17) is 9.47 Å². The number of pyridine rings is 1. The van der Waals surface area contributed by atoms with E-state index < -0.39 is 0 Å². The maximum atomic E-state index is 12.5. The smallest absolute Gasteiger partial charge is 0.255 e. The van der Waals surface area contributed by atoms with Crippen molar-refractivity contribution in [3.8, 4) is 23.1 Å². The van der Waals surface area contributed by atoms with Crippen LogP contribution < -0.4 is 20.1 Å². The van der Waals surface area contributed by atoms with E-state index in [9.17, 15) is 4.79 Å². The third kappa shape index (κ3) is 6.00. The molecule has 0 fully saturated rings. The van der Waals surface area contributed by atoms with Gasteiger partial charge in [-0.2, -0.15) is 0 Å². The summed E-state index contributed by atoms with van der Waals surface area (Å²) in [6.45, 7) is 0. The Morgan fingerprint density at radius 2 is 1.31 bits per heavy atom. The molecule has 0 saturated carbocycles. The number of aromatic nitrogens is 1. The zero-order valence-electron chi connectivity index (χ0n) is 17.3. The van der Waals surface area contributed by atoms with Gasteiger partial charge in [0.1, 0.15) is 17.2 Å². The minimum absolute atomic E-state index is 0. The van der Waals surface area contributed by atoms with E-state index in [0.29, 0.717) is 28.6 Å². The average molecular weight is 448 g/mol. The molecule has 0 aliphatic rings. The molecule has 162 valence electrons. The lowest BCUT2D eigenvalue weighted by Gasteiger charge is -2.09. The number of rotatable bonds is 7. The lowest BCUT2D eigenvalue weighted by atomic mass is 10.2. The number of hydrogen-bond acceptors (Lipinski definition) is 5. The third-order valence-corrected chi connectivity index (χ3v) is 4.46. The Bertz CT molecular complexity index is 1130. The number of carbonyl (C=O) groups is 1. The summed E-state index contributed by atoms with van der Waals surface area (Å²) in [6, 6.07) is 27.4. The lowest BCUT2D eigenvalue weighted by Crippen LogP contribution is -2.11. The van der Waals surface area contributed by atoms with Crippen LogP contribution in [0.2, 0.25) is 0 Å². The predicted molar refractivity (Wildman–Crippen MR) is 128 cm³/mol. The van der Waals surface area contributed by atoms with Crippen LogP contribution in [0.4, 0.5) is 11.4 Å². The van der Waals surface area contributed by atoms with E-state index in [2.05, 4.69) is 15.6 Å². The van der Waals surface area contributed by atoms with E-state index in [1.54, 1.807) is 42.6 Å². The van der Waals surface area contributed by atoms with Gasteiger partial charge < -0.3 is 20.1 Å². The van der Waals surface area contributed by atoms with Crippen LogP contribution in [0.15, 0.2) is 97.2 Å². The Kier molecular flexibility index (Phi) is 7.67. The van der Waals surface area contributed by atoms with Crippen molar-refractivity contribution >= 4 is 29.7 Å². The average Bonchev–Trinajstić information content (AvgIpc) is 2.82. The number of nitrogens with zero attached hydrogens (tertiary/aromatic N) is 1. The van der Waals surface area contributed by atoms with Crippen molar-refractivity contribution in [2.24, 2.45) is 0 Å². The zero-order valence-corrected chi connectivity index (χ0v) is 18.1. The Balaban J connectivity index is 0.00000289. The van der Waals surface area contributed by atoms with E-state index in [0.717, 1.165) is 11.4 Å². The molecule has 2 N–H and O–H groups in total. The van der Waals surface area contributed by atoms with Gasteiger partial charge in [0.05, 0.1) is 11.9 Å². The van der Waals surface area contributed by atoms with Crippen LogP contribution in [0.25, 0.3) is 0 Å². The summed E-state index contributed by atoms with van der Waals surface area (Å²) in [6.07, 6.45) is 1.56. The van der Waals surface area contributed by atoms with Crippen LogP contribution in [0.1, 0.15) is 10.4 Å². The van der Waals surface area contributed by atoms with Crippen LogP contribution in [0, 0.1) is 0 Å². The van der Waals surface area contributed by atoms with Crippen molar-refractivity contribution in [1.82, 2.24) is 4.98 Å². The molecule has 1 amide bonds. The summed E-state index contributed by atoms with van der Waals surface area (Å²) in [5.74, 6) is 2.29. The van der Waals surface area contributed by atoms with E-state index >= 15 is 0 Å². The Morgan fingerprint density at radius 3 is 1.94 bits per heavy atom. The Labute approximate surface area is 192 Å². The predicted octanol–water partition coefficient (Wildman–Crippen LogP) is 6.38. The Morgan fingerprint density at radius 1 is 0.719 bits per heavy atom. The number of ether oxygens (including phenoxy) is 2. The monoisotopic (exact) mass is 447 g/mol. The van der Waals surface area contributed by atoms with Gasteiger partial charge in [0.15, 0.2) is 0 Å². The molecule has 7 heteroatoms. The van der Waals surface area contributed by atoms with Crippen LogP contribution in [-0.4, -0.2) is 17.9 Å². The molecule has 0 saturated heterocycles. The number of halogens is 1. The molecule has 0 radical (unpaired) electrons. The first-order valence-electron chi connectivity index (χ1n) is 9.76. The maximum absolute atomic E-state index is 12.5. The summed E-state index contributed by atoms with van der Waals surface area (Å²) < 4.78 is 11.5. The van der Waals surface area contributed by atoms with Gasteiger partial charge >= 0.3 is 0 Å². The second-order valence-electron chi connectivity index (χ2n) is 6.66. The molecular weight excluding hydrogens is 426 g/mol. The molecule has 0 bridgehead atoms. The summed E-state index contributed by atoms with van der Waals surface area (Å²) in [5, 5.41) is 5.88. The molecule has 4 aromatic rings. The van der Waals surface area contributed by atoms with Gasteiger partial charge in [-0.15, -0.1) is 12.4 Å². The van der Waals surface area contributed by atoms with Gasteiger partial charge in [-0.3, -0.25) is 4.79 Å². The SMILES string of the molecule is CNc1ccc(Oc2ccc(NC(=O)c3ccc(Oc4ccccc4)cc3)cn2)cc1.Cl. The van der Waals surface area contributed by atoms with E-state index in [1.807, 2.05) is 61.6 Å². The molecule has 3 aromatic carbocycles. The molecular formula is C25H22ClN3O3. The molecule has 1 heterocycles. The highest BCUT2D eigenvalue weighted by atomic mass is 35.5. The first-order valence-corrected chi connectivity index (χ1v) is 9.76. The normalized spacial score (nSPS) is 9.91. The van der Waals surface area contributed by atoms with Gasteiger partial charge in [-0.25, -0.2) is 4.98 Å². The molecule has 4 rings (SSSR count). The number of nitrogens with one attached hydrogen (secondary N) is 2. The van der Waals surface area contributed by atoms with Gasteiger partial charge in [-0.1, -0.05) is 18.2 Å². The van der Waals surface area contributed by atoms with E-state index in [-0.39, 0.29) is 18.3 Å². The van der Waals surface area contributed by atoms with Crippen LogP contribution >= 0.6 is 12.4 Å². The first-order chi connectivity index (χ1) is 15.2. The molecule has 0 atom stereocenters. The van der Waals surface area contributed by atoms with Gasteiger partial charge in [-0.05, 0) is 66.7 Å². The van der Waals surface area contributed by atoms with Gasteiger partial charge in [0.2, 0.25) is 5.88 Å². The van der Waals surface area contributed by atoms with Crippen molar-refractivity contribution in [3.05, 3.63) is 103 Å². The topological polar surface area (TPSA) is 72.5 Å². The van der Waals surface area contributed by atoms with E-state index in [1.165, 1.54) is 0 Å². The third-order valence-electron chi connectivity index (χ3n) is 4.46. The van der Waals surface area contributed by atoms with Crippen molar-refractivity contribution in [2.45, 2.75) is 0 Å². The summed E-state index contributed by atoms with van der Waals surface area (Å²) in [7, 11) is 1.86. The largest absolute Gasteiger partial charge is 0.457 e. The molecule has 0 unspecified atom stereocenters. The molecule has 0 aliphatic heterocycles. The second-order valence-corrected chi connectivity index (χ2v) is 6.66. The minimum Gasteiger partial charge on any atom is -0.457 e. The number of anilines is 2. The number of benzene rings is 3. The number of hydrogen-bond donors (Lipinski definition) is 2. The molecule has 6 nitrogen and oxygen atoms in total. The van der Waals surface area contributed by atoms with Gasteiger partial charge in [0, 0.05) is 24.4 Å². The molecule has 32 heavy (non-hydrogen) atoms. The fourth-order valence-electron chi connectivity index (χ4n) is 2.83. The summed E-state index contributed by atoms with van der Waals surface area (Å²) in [4.78, 5) is 16.8. The van der Waals surface area contributed by atoms with Crippen molar-refractivity contribution in [2.75, 3.05) is 17.7 Å². The Hall–Kier alpha value is -4.03. The quantitative estimate of drug-likeness (QED) is 0.344. The fourth-order valence-corrected chi connectivity index (χ4v) is 2.83. The van der Waals surface area contributed by atoms with Crippen molar-refractivity contribution in [1.29, 1.82) is 0 Å². The summed E-state index contributed by atoms with van der Waals surface area (Å²) in [5.41, 5.74) is 2.09. The lowest BCUT2D eigenvalue weighted by molar-refractivity contribution is 0.102. The van der Waals surface area contributed by atoms with Crippen LogP contribution in [-0.2, 0) is 0 Å². The highest BCUT2D eigenvalue weighted by Gasteiger charge is 2.08. The van der Waals surface area contributed by atoms with Gasteiger partial charge in [0.25, 0.3) is 5.91 Å². The first kappa shape index (κ1) is 22.7. The highest BCUT2D eigenvalue weighted by Crippen LogP contribution is 2.23. The zero-order chi connectivity index (χ0) is 21.5. The van der Waals surface area contributed by atoms with Crippen molar-refractivity contribution in [3.63, 3.8) is 0 Å². The fraction of sp³-hybridized carbons (Fsp3) is 0.0400. The number of para-hydroxylation sites is 1. The number of amides is 1. The number of carbonyl (C=O) groups excluding carboxylic acids is 1. The molecule has 0 spiro atoms. The van der Waals surface area contributed by atoms with Crippen LogP contribution in [0.5, 0.6) is 23.1 Å². The van der Waals surface area contributed by atoms with Crippen molar-refractivity contribution < 1.29 is 14.3 Å². The minimum atomic E-state index is -0.232. The molecule has 0 aliphatic carbocycles. The maximum Gasteiger partial charge on any atom is 0.255 e. The standard InChI is InChI=1S/C25H21N3O3.ClH/c1-26-19-9-14-23(15-10-19)31-24-16-11-20(17-27-24)28-25(29)18-7-12-22(13-8-18)30-21-5-3-2-4-6-21;/h2-17,26H,1H3,(H,28,29);1H. The summed E-state index contributed by atoms with van der Waals surface area (Å²) >= 11 is 0. The van der Waals surface area contributed by atoms with Crippen LogP contribution in [0.3, 0.4) is 0 Å². The molecule has 1 aromatic heterocycles. The highest BCUT2D eigenvalue weighted by molar-refractivity contribution is 6.04.